The Hall–Kier alpha value is -0.970. The van der Waals surface area contributed by atoms with Crippen LogP contribution in [0.4, 0.5) is 0 Å². The van der Waals surface area contributed by atoms with E-state index in [1.165, 1.54) is 0 Å². The molecule has 6 heteroatoms. The molecule has 0 radical (unpaired) electrons. The molecule has 0 heterocycles. The molecule has 1 unspecified atom stereocenters. The third-order valence-corrected chi connectivity index (χ3v) is 2.76. The summed E-state index contributed by atoms with van der Waals surface area (Å²) < 4.78 is 5.43. The van der Waals surface area contributed by atoms with Crippen LogP contribution in [0.25, 0.3) is 0 Å². The largest absolute Gasteiger partial charge is 0.493 e. The van der Waals surface area contributed by atoms with E-state index in [2.05, 4.69) is 10.6 Å². The van der Waals surface area contributed by atoms with Gasteiger partial charge in [-0.2, -0.15) is 0 Å². The van der Waals surface area contributed by atoms with E-state index in [-0.39, 0.29) is 24.4 Å². The van der Waals surface area contributed by atoms with Crippen molar-refractivity contribution in [2.75, 3.05) is 20.2 Å². The number of likely N-dealkylation sites (N-methyl/N-ethyl adjacent to an activating group) is 1. The third-order valence-electron chi connectivity index (χ3n) is 2.51. The van der Waals surface area contributed by atoms with E-state index in [1.54, 1.807) is 24.3 Å². The van der Waals surface area contributed by atoms with Gasteiger partial charge in [0, 0.05) is 17.6 Å². The molecule has 0 aliphatic heterocycles. The molecule has 4 nitrogen and oxygen atoms in total. The molecule has 2 N–H and O–H groups in total. The van der Waals surface area contributed by atoms with Crippen molar-refractivity contribution in [2.24, 2.45) is 0 Å². The summed E-state index contributed by atoms with van der Waals surface area (Å²) in [5.41, 5.74) is 0. The Morgan fingerprint density at radius 2 is 2.00 bits per heavy atom. The van der Waals surface area contributed by atoms with Crippen molar-refractivity contribution >= 4 is 29.9 Å². The molecule has 0 aliphatic carbocycles. The predicted molar refractivity (Wildman–Crippen MR) is 80.3 cm³/mol. The second kappa shape index (κ2) is 9.89. The van der Waals surface area contributed by atoms with E-state index in [4.69, 9.17) is 16.3 Å². The van der Waals surface area contributed by atoms with Crippen LogP contribution in [0, 0.1) is 0 Å². The number of nitrogens with one attached hydrogen (secondary N) is 2. The number of carbonyl (C=O) groups excluding carboxylic acids is 1. The minimum atomic E-state index is -0.00827. The zero-order valence-corrected chi connectivity index (χ0v) is 12.7. The number of ether oxygens (including phenoxy) is 1. The molecular formula is C13H20Cl2N2O2. The molecule has 0 saturated heterocycles. The quantitative estimate of drug-likeness (QED) is 0.812. The Morgan fingerprint density at radius 3 is 2.58 bits per heavy atom. The van der Waals surface area contributed by atoms with Gasteiger partial charge in [-0.25, -0.2) is 0 Å². The lowest BCUT2D eigenvalue weighted by molar-refractivity contribution is -0.121. The number of hydrogen-bond acceptors (Lipinski definition) is 3. The van der Waals surface area contributed by atoms with Gasteiger partial charge in [0.2, 0.25) is 5.91 Å². The van der Waals surface area contributed by atoms with Gasteiger partial charge in [-0.3, -0.25) is 4.79 Å². The first-order valence-electron chi connectivity index (χ1n) is 5.94. The summed E-state index contributed by atoms with van der Waals surface area (Å²) in [6.07, 6.45) is 0.346. The Morgan fingerprint density at radius 1 is 1.37 bits per heavy atom. The van der Waals surface area contributed by atoms with Crippen LogP contribution < -0.4 is 15.4 Å². The van der Waals surface area contributed by atoms with Gasteiger partial charge in [-0.05, 0) is 38.2 Å². The molecule has 1 aromatic rings. The summed E-state index contributed by atoms with van der Waals surface area (Å²) in [5.74, 6) is 0.710. The van der Waals surface area contributed by atoms with E-state index in [9.17, 15) is 4.79 Å². The monoisotopic (exact) mass is 306 g/mol. The summed E-state index contributed by atoms with van der Waals surface area (Å²) in [4.78, 5) is 11.5. The Labute approximate surface area is 125 Å². The molecular weight excluding hydrogens is 287 g/mol. The lowest BCUT2D eigenvalue weighted by Gasteiger charge is -2.11. The second-order valence-electron chi connectivity index (χ2n) is 4.05. The van der Waals surface area contributed by atoms with Crippen LogP contribution in [0.2, 0.25) is 5.02 Å². The average molecular weight is 307 g/mol. The van der Waals surface area contributed by atoms with Crippen molar-refractivity contribution in [1.82, 2.24) is 10.6 Å². The fraction of sp³-hybridized carbons (Fsp3) is 0.462. The van der Waals surface area contributed by atoms with Crippen molar-refractivity contribution in [1.29, 1.82) is 0 Å². The molecule has 0 bridgehead atoms. The van der Waals surface area contributed by atoms with Crippen molar-refractivity contribution < 1.29 is 9.53 Å². The van der Waals surface area contributed by atoms with E-state index in [1.807, 2.05) is 14.0 Å². The smallest absolute Gasteiger partial charge is 0.223 e. The lowest BCUT2D eigenvalue weighted by Crippen LogP contribution is -2.37. The number of carbonyl (C=O) groups is 1. The standard InChI is InChI=1S/C13H19ClN2O2.ClH/c1-10(15-2)9-16-13(17)7-8-18-12-5-3-11(14)4-6-12;/h3-6,10,15H,7-9H2,1-2H3,(H,16,17);1H. The molecule has 1 aromatic carbocycles. The molecule has 19 heavy (non-hydrogen) atoms. The first-order chi connectivity index (χ1) is 8.61. The average Bonchev–Trinajstić information content (AvgIpc) is 2.38. The van der Waals surface area contributed by atoms with E-state index < -0.39 is 0 Å². The first-order valence-corrected chi connectivity index (χ1v) is 6.32. The molecule has 0 aliphatic rings. The van der Waals surface area contributed by atoms with Crippen molar-refractivity contribution in [2.45, 2.75) is 19.4 Å². The maximum Gasteiger partial charge on any atom is 0.223 e. The molecule has 0 fully saturated rings. The normalized spacial score (nSPS) is 11.3. The maximum atomic E-state index is 11.5. The van der Waals surface area contributed by atoms with Crippen molar-refractivity contribution in [3.63, 3.8) is 0 Å². The zero-order valence-electron chi connectivity index (χ0n) is 11.1. The van der Waals surface area contributed by atoms with Gasteiger partial charge in [0.1, 0.15) is 5.75 Å². The van der Waals surface area contributed by atoms with Crippen LogP contribution >= 0.6 is 24.0 Å². The number of hydrogen-bond donors (Lipinski definition) is 2. The molecule has 0 aromatic heterocycles. The van der Waals surface area contributed by atoms with Gasteiger partial charge in [0.25, 0.3) is 0 Å². The van der Waals surface area contributed by atoms with E-state index in [0.717, 1.165) is 5.75 Å². The molecule has 108 valence electrons. The zero-order chi connectivity index (χ0) is 13.4. The topological polar surface area (TPSA) is 50.4 Å². The van der Waals surface area contributed by atoms with Gasteiger partial charge >= 0.3 is 0 Å². The predicted octanol–water partition coefficient (Wildman–Crippen LogP) is 2.25. The molecule has 1 rings (SSSR count). The van der Waals surface area contributed by atoms with E-state index >= 15 is 0 Å². The highest BCUT2D eigenvalue weighted by Gasteiger charge is 2.04. The van der Waals surface area contributed by atoms with Crippen LogP contribution in [-0.4, -0.2) is 32.1 Å². The SMILES string of the molecule is CNC(C)CNC(=O)CCOc1ccc(Cl)cc1.Cl. The van der Waals surface area contributed by atoms with E-state index in [0.29, 0.717) is 24.6 Å². The minimum absolute atomic E-state index is 0. The number of halogens is 2. The summed E-state index contributed by atoms with van der Waals surface area (Å²) >= 11 is 5.76. The number of amides is 1. The van der Waals surface area contributed by atoms with Gasteiger partial charge < -0.3 is 15.4 Å². The summed E-state index contributed by atoms with van der Waals surface area (Å²) in [7, 11) is 1.86. The first kappa shape index (κ1) is 18.0. The Bertz CT molecular complexity index is 371. The number of rotatable bonds is 7. The lowest BCUT2D eigenvalue weighted by atomic mass is 10.3. The summed E-state index contributed by atoms with van der Waals surface area (Å²) in [6, 6.07) is 7.34. The third kappa shape index (κ3) is 7.93. The Balaban J connectivity index is 0.00000324. The number of benzene rings is 1. The highest BCUT2D eigenvalue weighted by atomic mass is 35.5. The van der Waals surface area contributed by atoms with Crippen LogP contribution in [0.3, 0.4) is 0 Å². The fourth-order valence-corrected chi connectivity index (χ4v) is 1.38. The Kier molecular flexibility index (Phi) is 9.39. The summed E-state index contributed by atoms with van der Waals surface area (Å²) in [5, 5.41) is 6.54. The fourth-order valence-electron chi connectivity index (χ4n) is 1.25. The highest BCUT2D eigenvalue weighted by molar-refractivity contribution is 6.30. The van der Waals surface area contributed by atoms with Crippen LogP contribution in [0.15, 0.2) is 24.3 Å². The highest BCUT2D eigenvalue weighted by Crippen LogP contribution is 2.15. The van der Waals surface area contributed by atoms with Crippen LogP contribution in [0.5, 0.6) is 5.75 Å². The molecule has 0 saturated carbocycles. The molecule has 0 spiro atoms. The maximum absolute atomic E-state index is 11.5. The second-order valence-corrected chi connectivity index (χ2v) is 4.48. The van der Waals surface area contributed by atoms with Crippen molar-refractivity contribution in [3.05, 3.63) is 29.3 Å². The van der Waals surface area contributed by atoms with Crippen molar-refractivity contribution in [3.8, 4) is 5.75 Å². The minimum Gasteiger partial charge on any atom is -0.493 e. The van der Waals surface area contributed by atoms with Crippen LogP contribution in [0.1, 0.15) is 13.3 Å². The van der Waals surface area contributed by atoms with Crippen LogP contribution in [-0.2, 0) is 4.79 Å². The van der Waals surface area contributed by atoms with Gasteiger partial charge in [0.15, 0.2) is 0 Å². The molecule has 1 atom stereocenters. The summed E-state index contributed by atoms with van der Waals surface area (Å²) in [6.45, 7) is 2.99. The molecule has 1 amide bonds. The van der Waals surface area contributed by atoms with Gasteiger partial charge in [-0.15, -0.1) is 12.4 Å². The van der Waals surface area contributed by atoms with Gasteiger partial charge in [0.05, 0.1) is 13.0 Å². The van der Waals surface area contributed by atoms with Gasteiger partial charge in [-0.1, -0.05) is 11.6 Å².